The minimum Gasteiger partial charge on any atom is -0.394 e. The molecule has 0 aromatic rings. The quantitative estimate of drug-likeness (QED) is 0.0173. The molecule has 8 unspecified atom stereocenters. The van der Waals surface area contributed by atoms with Gasteiger partial charge in [0.15, 0.2) is 6.29 Å². The van der Waals surface area contributed by atoms with Gasteiger partial charge in [0.2, 0.25) is 5.91 Å². The number of rotatable bonds is 45. The van der Waals surface area contributed by atoms with Crippen LogP contribution in [0.3, 0.4) is 0 Å². The maximum Gasteiger partial charge on any atom is 0.397 e. The SMILES string of the molecule is CCCCCCCCCCC/C=C\CCCCCCCCC(O)C(=O)NC(COC1OC(CO)C(O)C(OS(=O)(=O)O)C1O)C(O)CCCCCCCCCCCCCCCCCC. The fourth-order valence-corrected chi connectivity index (χ4v) is 9.03. The maximum atomic E-state index is 13.2. The summed E-state index contributed by atoms with van der Waals surface area (Å²) in [6.45, 7) is 3.30. The van der Waals surface area contributed by atoms with Gasteiger partial charge in [0.1, 0.15) is 30.5 Å². The van der Waals surface area contributed by atoms with Gasteiger partial charge >= 0.3 is 10.4 Å². The van der Waals surface area contributed by atoms with Gasteiger partial charge in [-0.15, -0.1) is 0 Å². The molecule has 0 aromatic heterocycles. The molecule has 0 saturated carbocycles. The van der Waals surface area contributed by atoms with E-state index in [0.29, 0.717) is 19.3 Å². The molecule has 0 aromatic carbocycles. The molecule has 14 heteroatoms. The Morgan fingerprint density at radius 2 is 1.00 bits per heavy atom. The van der Waals surface area contributed by atoms with Crippen LogP contribution in [0.2, 0.25) is 0 Å². The van der Waals surface area contributed by atoms with Crippen molar-refractivity contribution in [3.8, 4) is 0 Å². The van der Waals surface area contributed by atoms with Crippen molar-refractivity contribution in [1.29, 1.82) is 0 Å². The van der Waals surface area contributed by atoms with Crippen molar-refractivity contribution >= 4 is 16.3 Å². The predicted molar refractivity (Wildman–Crippen MR) is 256 cm³/mol. The molecule has 1 saturated heterocycles. The van der Waals surface area contributed by atoms with Crippen LogP contribution < -0.4 is 5.32 Å². The molecule has 0 spiro atoms. The van der Waals surface area contributed by atoms with Crippen molar-refractivity contribution in [3.05, 3.63) is 12.2 Å². The highest BCUT2D eigenvalue weighted by Gasteiger charge is 2.48. The summed E-state index contributed by atoms with van der Waals surface area (Å²) in [6, 6.07) is -1.03. The zero-order chi connectivity index (χ0) is 47.1. The first-order valence-corrected chi connectivity index (χ1v) is 27.5. The van der Waals surface area contributed by atoms with Crippen LogP contribution in [0.1, 0.15) is 239 Å². The molecular weight excluding hydrogens is 839 g/mol. The molecule has 1 amide bonds. The average molecular weight is 936 g/mol. The Morgan fingerprint density at radius 1 is 0.609 bits per heavy atom. The van der Waals surface area contributed by atoms with Crippen molar-refractivity contribution in [3.63, 3.8) is 0 Å². The minimum absolute atomic E-state index is 0.255. The summed E-state index contributed by atoms with van der Waals surface area (Å²) in [5.41, 5.74) is 0. The highest BCUT2D eigenvalue weighted by atomic mass is 32.3. The molecule has 0 radical (unpaired) electrons. The van der Waals surface area contributed by atoms with Crippen molar-refractivity contribution in [2.75, 3.05) is 13.2 Å². The Labute approximate surface area is 390 Å². The summed E-state index contributed by atoms with van der Waals surface area (Å²) in [6.07, 6.45) is 33.8. The Morgan fingerprint density at radius 3 is 1.41 bits per heavy atom. The van der Waals surface area contributed by atoms with Gasteiger partial charge in [0.25, 0.3) is 0 Å². The number of amides is 1. The second-order valence-electron chi connectivity index (χ2n) is 18.6. The van der Waals surface area contributed by atoms with Crippen LogP contribution >= 0.6 is 0 Å². The maximum absolute atomic E-state index is 13.2. The molecule has 1 rings (SSSR count). The Hall–Kier alpha value is -1.20. The summed E-state index contributed by atoms with van der Waals surface area (Å²) in [5.74, 6) is -0.671. The topological polar surface area (TPSA) is 212 Å². The second kappa shape index (κ2) is 40.8. The number of allylic oxidation sites excluding steroid dienone is 2. The molecule has 13 nitrogen and oxygen atoms in total. The molecule has 0 aliphatic carbocycles. The van der Waals surface area contributed by atoms with Crippen molar-refractivity contribution in [2.45, 2.75) is 288 Å². The van der Waals surface area contributed by atoms with Crippen LogP contribution in [-0.2, 0) is 28.9 Å². The van der Waals surface area contributed by atoms with Gasteiger partial charge in [-0.25, -0.2) is 4.18 Å². The number of hydrogen-bond donors (Lipinski definition) is 7. The first-order valence-electron chi connectivity index (χ1n) is 26.2. The van der Waals surface area contributed by atoms with E-state index in [1.807, 2.05) is 0 Å². The van der Waals surface area contributed by atoms with Crippen LogP contribution in [0.5, 0.6) is 0 Å². The lowest BCUT2D eigenvalue weighted by Crippen LogP contribution is -2.61. The summed E-state index contributed by atoms with van der Waals surface area (Å²) < 4.78 is 47.7. The highest BCUT2D eigenvalue weighted by molar-refractivity contribution is 7.80. The van der Waals surface area contributed by atoms with Crippen LogP contribution in [0, 0.1) is 0 Å². The van der Waals surface area contributed by atoms with E-state index < -0.39 is 78.5 Å². The van der Waals surface area contributed by atoms with E-state index in [1.54, 1.807) is 0 Å². The van der Waals surface area contributed by atoms with E-state index in [0.717, 1.165) is 57.8 Å². The van der Waals surface area contributed by atoms with Crippen molar-refractivity contribution < 1.29 is 57.0 Å². The van der Waals surface area contributed by atoms with E-state index in [-0.39, 0.29) is 6.42 Å². The number of carbonyl (C=O) groups excluding carboxylic acids is 1. The average Bonchev–Trinajstić information content (AvgIpc) is 3.27. The first kappa shape index (κ1) is 60.8. The number of carbonyl (C=O) groups is 1. The van der Waals surface area contributed by atoms with Crippen molar-refractivity contribution in [1.82, 2.24) is 5.32 Å². The van der Waals surface area contributed by atoms with Gasteiger partial charge in [-0.05, 0) is 38.5 Å². The summed E-state index contributed by atoms with van der Waals surface area (Å²) in [4.78, 5) is 13.2. The third-order valence-electron chi connectivity index (χ3n) is 12.7. The lowest BCUT2D eigenvalue weighted by molar-refractivity contribution is -0.298. The third-order valence-corrected chi connectivity index (χ3v) is 13.1. The molecule has 1 aliphatic heterocycles. The van der Waals surface area contributed by atoms with Crippen LogP contribution in [0.25, 0.3) is 0 Å². The molecule has 8 atom stereocenters. The van der Waals surface area contributed by atoms with E-state index in [1.165, 1.54) is 141 Å². The normalized spacial score (nSPS) is 20.8. The number of aliphatic hydroxyl groups excluding tert-OH is 5. The number of nitrogens with one attached hydrogen (secondary N) is 1. The van der Waals surface area contributed by atoms with E-state index in [4.69, 9.17) is 9.47 Å². The van der Waals surface area contributed by atoms with E-state index in [9.17, 15) is 43.3 Å². The first-order chi connectivity index (χ1) is 30.9. The number of hydrogen-bond acceptors (Lipinski definition) is 11. The summed E-state index contributed by atoms with van der Waals surface area (Å²) in [7, 11) is -5.11. The molecule has 0 bridgehead atoms. The minimum atomic E-state index is -5.11. The zero-order valence-corrected chi connectivity index (χ0v) is 41.3. The molecule has 1 aliphatic rings. The van der Waals surface area contributed by atoms with Crippen LogP contribution in [-0.4, -0.2) is 107 Å². The summed E-state index contributed by atoms with van der Waals surface area (Å²) >= 11 is 0. The third kappa shape index (κ3) is 32.5. The van der Waals surface area contributed by atoms with Gasteiger partial charge in [-0.3, -0.25) is 9.35 Å². The van der Waals surface area contributed by atoms with Gasteiger partial charge in [0, 0.05) is 0 Å². The lowest BCUT2D eigenvalue weighted by atomic mass is 9.99. The lowest BCUT2D eigenvalue weighted by Gasteiger charge is -2.41. The molecule has 7 N–H and O–H groups in total. The standard InChI is InChI=1S/C50H97NO12S/c1-3-5-7-9-11-13-15-17-19-21-22-23-25-27-29-31-33-35-37-39-44(54)49(57)51-42(41-61-50-47(56)48(63-64(58,59)60)46(55)45(40-52)62-50)43(53)38-36-34-32-30-28-26-24-20-18-16-14-12-10-8-6-4-2/h22-23,42-48,50,52-56H,3-21,24-41H2,1-2H3,(H,51,57)(H,58,59,60)/b23-22-. The molecule has 380 valence electrons. The molecule has 1 heterocycles. The Kier molecular flexibility index (Phi) is 38.8. The summed E-state index contributed by atoms with van der Waals surface area (Å²) in [5, 5.41) is 55.5. The van der Waals surface area contributed by atoms with Gasteiger partial charge < -0.3 is 40.3 Å². The predicted octanol–water partition coefficient (Wildman–Crippen LogP) is 10.1. The van der Waals surface area contributed by atoms with Crippen LogP contribution in [0.4, 0.5) is 0 Å². The van der Waals surface area contributed by atoms with Gasteiger partial charge in [0.05, 0.1) is 25.4 Å². The number of aliphatic hydroxyl groups is 5. The largest absolute Gasteiger partial charge is 0.397 e. The molecule has 64 heavy (non-hydrogen) atoms. The van der Waals surface area contributed by atoms with Gasteiger partial charge in [-0.2, -0.15) is 8.42 Å². The number of ether oxygens (including phenoxy) is 2. The number of unbranched alkanes of at least 4 members (excludes halogenated alkanes) is 30. The molecular formula is C50H97NO12S. The van der Waals surface area contributed by atoms with E-state index in [2.05, 4.69) is 35.5 Å². The fraction of sp³-hybridized carbons (Fsp3) is 0.940. The monoisotopic (exact) mass is 936 g/mol. The highest BCUT2D eigenvalue weighted by Crippen LogP contribution is 2.26. The van der Waals surface area contributed by atoms with Crippen molar-refractivity contribution in [2.24, 2.45) is 0 Å². The Bertz CT molecular complexity index is 1210. The zero-order valence-electron chi connectivity index (χ0n) is 40.5. The van der Waals surface area contributed by atoms with E-state index >= 15 is 0 Å². The second-order valence-corrected chi connectivity index (χ2v) is 19.7. The van der Waals surface area contributed by atoms with Gasteiger partial charge in [-0.1, -0.05) is 212 Å². The Balaban J connectivity index is 2.48. The fourth-order valence-electron chi connectivity index (χ4n) is 8.52. The van der Waals surface area contributed by atoms with Crippen LogP contribution in [0.15, 0.2) is 12.2 Å². The molecule has 1 fully saturated rings. The smallest absolute Gasteiger partial charge is 0.394 e.